The summed E-state index contributed by atoms with van der Waals surface area (Å²) in [5.74, 6) is -0.905. The quantitative estimate of drug-likeness (QED) is 0.669. The monoisotopic (exact) mass is 448 g/mol. The Bertz CT molecular complexity index is 981. The summed E-state index contributed by atoms with van der Waals surface area (Å²) in [4.78, 5) is 38.8. The van der Waals surface area contributed by atoms with E-state index in [9.17, 15) is 22.8 Å². The average Bonchev–Trinajstić information content (AvgIpc) is 2.99. The van der Waals surface area contributed by atoms with Crippen LogP contribution in [0.5, 0.6) is 0 Å². The minimum absolute atomic E-state index is 0.114. The van der Waals surface area contributed by atoms with Gasteiger partial charge in [-0.05, 0) is 43.9 Å². The summed E-state index contributed by atoms with van der Waals surface area (Å²) in [5, 5.41) is 5.40. The molecule has 0 unspecified atom stereocenters. The largest absolute Gasteiger partial charge is 0.325 e. The van der Waals surface area contributed by atoms with Gasteiger partial charge in [0.05, 0.1) is 4.90 Å². The van der Waals surface area contributed by atoms with Gasteiger partial charge in [-0.15, -0.1) is 0 Å². The van der Waals surface area contributed by atoms with Crippen molar-refractivity contribution in [2.24, 2.45) is 0 Å². The van der Waals surface area contributed by atoms with E-state index in [2.05, 4.69) is 10.6 Å². The van der Waals surface area contributed by atoms with Gasteiger partial charge in [-0.25, -0.2) is 13.2 Å². The van der Waals surface area contributed by atoms with Crippen molar-refractivity contribution in [1.29, 1.82) is 0 Å². The van der Waals surface area contributed by atoms with Crippen LogP contribution in [0.4, 0.5) is 10.5 Å². The Morgan fingerprint density at radius 2 is 1.71 bits per heavy atom. The van der Waals surface area contributed by atoms with Gasteiger partial charge in [-0.3, -0.25) is 14.5 Å². The predicted molar refractivity (Wildman–Crippen MR) is 114 cm³/mol. The number of sulfonamides is 1. The number of nitrogens with zero attached hydrogens (tertiary/aromatic N) is 2. The van der Waals surface area contributed by atoms with Gasteiger partial charge in [0.2, 0.25) is 15.9 Å². The van der Waals surface area contributed by atoms with Crippen molar-refractivity contribution >= 4 is 33.6 Å². The number of carbonyl (C=O) groups is 3. The minimum atomic E-state index is -3.63. The van der Waals surface area contributed by atoms with E-state index in [0.29, 0.717) is 31.6 Å². The molecule has 3 fully saturated rings. The summed E-state index contributed by atoms with van der Waals surface area (Å²) in [7, 11) is -3.63. The highest BCUT2D eigenvalue weighted by atomic mass is 32.2. The van der Waals surface area contributed by atoms with E-state index >= 15 is 0 Å². The van der Waals surface area contributed by atoms with Crippen LogP contribution >= 0.6 is 0 Å². The van der Waals surface area contributed by atoms with Gasteiger partial charge in [-0.1, -0.05) is 31.7 Å². The van der Waals surface area contributed by atoms with Crippen LogP contribution in [0.3, 0.4) is 0 Å². The second kappa shape index (κ2) is 8.58. The van der Waals surface area contributed by atoms with Crippen LogP contribution in [-0.4, -0.2) is 60.6 Å². The molecular formula is C21H28N4O5S. The summed E-state index contributed by atoms with van der Waals surface area (Å²) in [5.41, 5.74) is -0.569. The molecule has 1 saturated carbocycles. The first-order chi connectivity index (χ1) is 14.8. The molecule has 1 aromatic rings. The molecule has 168 valence electrons. The maximum absolute atomic E-state index is 12.9. The van der Waals surface area contributed by atoms with Crippen molar-refractivity contribution in [3.63, 3.8) is 0 Å². The fraction of sp³-hybridized carbons (Fsp3) is 0.571. The molecule has 1 aliphatic carbocycles. The molecule has 2 N–H and O–H groups in total. The van der Waals surface area contributed by atoms with E-state index < -0.39 is 34.0 Å². The molecule has 0 bridgehead atoms. The Morgan fingerprint density at radius 3 is 2.42 bits per heavy atom. The third kappa shape index (κ3) is 4.31. The number of anilines is 1. The van der Waals surface area contributed by atoms with Gasteiger partial charge in [0.15, 0.2) is 0 Å². The highest BCUT2D eigenvalue weighted by molar-refractivity contribution is 7.89. The fourth-order valence-electron chi connectivity index (χ4n) is 4.65. The minimum Gasteiger partial charge on any atom is -0.324 e. The fourth-order valence-corrected chi connectivity index (χ4v) is 6.21. The van der Waals surface area contributed by atoms with E-state index in [1.807, 2.05) is 0 Å². The van der Waals surface area contributed by atoms with Crippen molar-refractivity contribution in [3.05, 3.63) is 24.3 Å². The smallest absolute Gasteiger partial charge is 0.324 e. The van der Waals surface area contributed by atoms with Crippen LogP contribution in [-0.2, 0) is 19.6 Å². The number of rotatable bonds is 5. The third-order valence-corrected chi connectivity index (χ3v) is 8.22. The number of amides is 4. The van der Waals surface area contributed by atoms with Crippen LogP contribution in [0.1, 0.15) is 51.4 Å². The van der Waals surface area contributed by atoms with Gasteiger partial charge in [0.25, 0.3) is 5.91 Å². The molecule has 0 aromatic heterocycles. The summed E-state index contributed by atoms with van der Waals surface area (Å²) in [6.45, 7) is 0.579. The lowest BCUT2D eigenvalue weighted by Gasteiger charge is -2.30. The molecule has 4 amide bonds. The second-order valence-electron chi connectivity index (χ2n) is 8.50. The average molecular weight is 449 g/mol. The SMILES string of the molecule is O=C(CN1C(=O)NC2(CCCCC2)C1=O)Nc1cccc(S(=O)(=O)N2CCCCC2)c1. The number of nitrogens with one attached hydrogen (secondary N) is 2. The van der Waals surface area contributed by atoms with Gasteiger partial charge in [0.1, 0.15) is 12.1 Å². The Kier molecular flexibility index (Phi) is 6.02. The Morgan fingerprint density at radius 1 is 1.03 bits per heavy atom. The van der Waals surface area contributed by atoms with Gasteiger partial charge >= 0.3 is 6.03 Å². The standard InChI is InChI=1S/C21H28N4O5S/c26-18(15-25-19(27)21(23-20(25)28)10-3-1-4-11-21)22-16-8-7-9-17(14-16)31(29,30)24-12-5-2-6-13-24/h7-9,14H,1-6,10-13,15H2,(H,22,26)(H,23,28). The first kappa shape index (κ1) is 21.8. The zero-order valence-corrected chi connectivity index (χ0v) is 18.2. The highest BCUT2D eigenvalue weighted by Crippen LogP contribution is 2.33. The lowest BCUT2D eigenvalue weighted by molar-refractivity contribution is -0.134. The van der Waals surface area contributed by atoms with Gasteiger partial charge < -0.3 is 10.6 Å². The molecule has 2 heterocycles. The van der Waals surface area contributed by atoms with Crippen LogP contribution in [0, 0.1) is 0 Å². The second-order valence-corrected chi connectivity index (χ2v) is 10.4. The lowest BCUT2D eigenvalue weighted by Crippen LogP contribution is -2.48. The molecule has 3 aliphatic rings. The number of piperidine rings is 1. The van der Waals surface area contributed by atoms with Crippen LogP contribution in [0.2, 0.25) is 0 Å². The Labute approximate surface area is 182 Å². The molecule has 31 heavy (non-hydrogen) atoms. The lowest BCUT2D eigenvalue weighted by atomic mass is 9.82. The summed E-state index contributed by atoms with van der Waals surface area (Å²) in [6, 6.07) is 5.52. The zero-order valence-electron chi connectivity index (χ0n) is 17.4. The Hall–Kier alpha value is -2.46. The maximum atomic E-state index is 12.9. The number of benzene rings is 1. The van der Waals surface area contributed by atoms with Gasteiger partial charge in [0, 0.05) is 18.8 Å². The number of urea groups is 1. The first-order valence-electron chi connectivity index (χ1n) is 10.9. The number of hydrogen-bond acceptors (Lipinski definition) is 5. The maximum Gasteiger partial charge on any atom is 0.325 e. The molecule has 1 aromatic carbocycles. The van der Waals surface area contributed by atoms with Gasteiger partial charge in [-0.2, -0.15) is 4.31 Å². The predicted octanol–water partition coefficient (Wildman–Crippen LogP) is 2.05. The number of carbonyl (C=O) groups excluding carboxylic acids is 3. The van der Waals surface area contributed by atoms with E-state index in [4.69, 9.17) is 0 Å². The van der Waals surface area contributed by atoms with Crippen molar-refractivity contribution in [3.8, 4) is 0 Å². The molecule has 2 saturated heterocycles. The molecule has 4 rings (SSSR count). The molecule has 0 radical (unpaired) electrons. The Balaban J connectivity index is 1.43. The van der Waals surface area contributed by atoms with Crippen LogP contribution in [0.25, 0.3) is 0 Å². The number of hydrogen-bond donors (Lipinski definition) is 2. The van der Waals surface area contributed by atoms with E-state index in [1.165, 1.54) is 16.4 Å². The third-order valence-electron chi connectivity index (χ3n) is 6.33. The highest BCUT2D eigenvalue weighted by Gasteiger charge is 2.51. The van der Waals surface area contributed by atoms with Crippen LogP contribution < -0.4 is 10.6 Å². The number of imide groups is 1. The van der Waals surface area contributed by atoms with E-state index in [0.717, 1.165) is 43.4 Å². The molecule has 9 nitrogen and oxygen atoms in total. The normalized spacial score (nSPS) is 21.9. The first-order valence-corrected chi connectivity index (χ1v) is 12.3. The van der Waals surface area contributed by atoms with Crippen molar-refractivity contribution in [2.75, 3.05) is 25.0 Å². The van der Waals surface area contributed by atoms with Crippen LogP contribution in [0.15, 0.2) is 29.2 Å². The molecule has 2 aliphatic heterocycles. The zero-order chi connectivity index (χ0) is 22.1. The molecule has 1 spiro atoms. The van der Waals surface area contributed by atoms with E-state index in [1.54, 1.807) is 12.1 Å². The summed E-state index contributed by atoms with van der Waals surface area (Å²) < 4.78 is 27.2. The van der Waals surface area contributed by atoms with E-state index in [-0.39, 0.29) is 10.8 Å². The molecule has 10 heteroatoms. The van der Waals surface area contributed by atoms with Crippen molar-refractivity contribution in [1.82, 2.24) is 14.5 Å². The summed E-state index contributed by atoms with van der Waals surface area (Å²) in [6.07, 6.45) is 6.63. The molecule has 0 atom stereocenters. The summed E-state index contributed by atoms with van der Waals surface area (Å²) >= 11 is 0. The van der Waals surface area contributed by atoms with Crippen molar-refractivity contribution in [2.45, 2.75) is 61.8 Å². The molecular weight excluding hydrogens is 420 g/mol. The van der Waals surface area contributed by atoms with Crippen molar-refractivity contribution < 1.29 is 22.8 Å². The topological polar surface area (TPSA) is 116 Å².